The predicted octanol–water partition coefficient (Wildman–Crippen LogP) is 1.79. The van der Waals surface area contributed by atoms with Crippen molar-refractivity contribution in [3.63, 3.8) is 0 Å². The number of anilines is 1. The van der Waals surface area contributed by atoms with Crippen molar-refractivity contribution in [1.82, 2.24) is 9.78 Å². The summed E-state index contributed by atoms with van der Waals surface area (Å²) in [7, 11) is 0. The molecule has 20 heavy (non-hydrogen) atoms. The Balaban J connectivity index is 2.44. The number of nitrogen functional groups attached to an aromatic ring is 1. The van der Waals surface area contributed by atoms with Crippen LogP contribution in [0.4, 0.5) is 5.69 Å². The smallest absolute Gasteiger partial charge is 0.337 e. The SMILES string of the molecule is Cc1c2cc(N)c(C(=O)O)cc2nn1CCC(C)(C)O. The van der Waals surface area contributed by atoms with Crippen LogP contribution in [0.3, 0.4) is 0 Å². The number of nitrogens with two attached hydrogens (primary N) is 1. The maximum absolute atomic E-state index is 11.1. The van der Waals surface area contributed by atoms with Crippen molar-refractivity contribution in [3.8, 4) is 0 Å². The molecule has 4 N–H and O–H groups in total. The molecule has 0 aliphatic carbocycles. The molecule has 1 heterocycles. The summed E-state index contributed by atoms with van der Waals surface area (Å²) >= 11 is 0. The van der Waals surface area contributed by atoms with Gasteiger partial charge in [0.25, 0.3) is 0 Å². The van der Waals surface area contributed by atoms with E-state index >= 15 is 0 Å². The van der Waals surface area contributed by atoms with Crippen LogP contribution in [0.2, 0.25) is 0 Å². The minimum absolute atomic E-state index is 0.0599. The van der Waals surface area contributed by atoms with E-state index in [0.29, 0.717) is 18.5 Å². The molecular formula is C14H19N3O3. The van der Waals surface area contributed by atoms with E-state index in [9.17, 15) is 9.90 Å². The minimum Gasteiger partial charge on any atom is -0.478 e. The molecule has 6 nitrogen and oxygen atoms in total. The number of fused-ring (bicyclic) bond motifs is 1. The Morgan fingerprint density at radius 2 is 2.10 bits per heavy atom. The number of hydrogen-bond acceptors (Lipinski definition) is 4. The van der Waals surface area contributed by atoms with E-state index < -0.39 is 11.6 Å². The number of nitrogens with zero attached hydrogens (tertiary/aromatic N) is 2. The van der Waals surface area contributed by atoms with Gasteiger partial charge in [-0.1, -0.05) is 0 Å². The van der Waals surface area contributed by atoms with Crippen LogP contribution in [0, 0.1) is 6.92 Å². The summed E-state index contributed by atoms with van der Waals surface area (Å²) < 4.78 is 1.77. The Morgan fingerprint density at radius 1 is 1.45 bits per heavy atom. The molecule has 0 saturated heterocycles. The van der Waals surface area contributed by atoms with Gasteiger partial charge in [-0.3, -0.25) is 4.68 Å². The number of rotatable bonds is 4. The molecule has 0 saturated carbocycles. The van der Waals surface area contributed by atoms with Gasteiger partial charge in [-0.25, -0.2) is 4.79 Å². The van der Waals surface area contributed by atoms with E-state index in [0.717, 1.165) is 11.1 Å². The Hall–Kier alpha value is -2.08. The molecule has 0 aliphatic rings. The van der Waals surface area contributed by atoms with Gasteiger partial charge in [0.15, 0.2) is 0 Å². The highest BCUT2D eigenvalue weighted by atomic mass is 16.4. The molecule has 2 rings (SSSR count). The molecule has 1 aromatic heterocycles. The standard InChI is InChI=1S/C14H19N3O3/c1-8-9-6-11(15)10(13(18)19)7-12(9)16-17(8)5-4-14(2,3)20/h6-7,20H,4-5,15H2,1-3H3,(H,18,19). The summed E-state index contributed by atoms with van der Waals surface area (Å²) in [5, 5.41) is 24.1. The lowest BCUT2D eigenvalue weighted by molar-refractivity contribution is 0.0649. The molecule has 0 bridgehead atoms. The Kier molecular flexibility index (Phi) is 3.43. The van der Waals surface area contributed by atoms with Crippen LogP contribution in [0.15, 0.2) is 12.1 Å². The van der Waals surface area contributed by atoms with Gasteiger partial charge in [0.1, 0.15) is 0 Å². The molecule has 1 aromatic carbocycles. The zero-order valence-electron chi connectivity index (χ0n) is 11.8. The Bertz CT molecular complexity index is 668. The maximum Gasteiger partial charge on any atom is 0.337 e. The first-order chi connectivity index (χ1) is 9.19. The van der Waals surface area contributed by atoms with Crippen molar-refractivity contribution in [2.45, 2.75) is 39.3 Å². The number of aromatic carboxylic acids is 1. The van der Waals surface area contributed by atoms with Crippen molar-refractivity contribution >= 4 is 22.6 Å². The van der Waals surface area contributed by atoms with E-state index in [1.807, 2.05) is 6.92 Å². The molecular weight excluding hydrogens is 258 g/mol. The number of aliphatic hydroxyl groups is 1. The molecule has 0 radical (unpaired) electrons. The Morgan fingerprint density at radius 3 is 2.65 bits per heavy atom. The van der Waals surface area contributed by atoms with Gasteiger partial charge < -0.3 is 15.9 Å². The van der Waals surface area contributed by atoms with E-state index in [1.54, 1.807) is 24.6 Å². The molecule has 0 spiro atoms. The average molecular weight is 277 g/mol. The molecule has 0 unspecified atom stereocenters. The number of aromatic nitrogens is 2. The number of carboxylic acids is 1. The van der Waals surface area contributed by atoms with Gasteiger partial charge in [-0.2, -0.15) is 5.10 Å². The van der Waals surface area contributed by atoms with Gasteiger partial charge in [-0.15, -0.1) is 0 Å². The normalized spacial score (nSPS) is 12.0. The van der Waals surface area contributed by atoms with E-state index in [4.69, 9.17) is 10.8 Å². The molecule has 0 atom stereocenters. The van der Waals surface area contributed by atoms with Crippen molar-refractivity contribution < 1.29 is 15.0 Å². The number of carboxylic acid groups (broad SMARTS) is 1. The summed E-state index contributed by atoms with van der Waals surface area (Å²) in [4.78, 5) is 11.1. The van der Waals surface area contributed by atoms with Crippen LogP contribution in [-0.2, 0) is 6.54 Å². The average Bonchev–Trinajstić information content (AvgIpc) is 2.62. The van der Waals surface area contributed by atoms with Crippen molar-refractivity contribution in [3.05, 3.63) is 23.4 Å². The van der Waals surface area contributed by atoms with Gasteiger partial charge in [0.2, 0.25) is 0 Å². The molecule has 6 heteroatoms. The number of hydrogen-bond donors (Lipinski definition) is 3. The fraction of sp³-hybridized carbons (Fsp3) is 0.429. The lowest BCUT2D eigenvalue weighted by Crippen LogP contribution is -2.21. The number of aryl methyl sites for hydroxylation is 2. The van der Waals surface area contributed by atoms with E-state index in [2.05, 4.69) is 5.10 Å². The van der Waals surface area contributed by atoms with Crippen LogP contribution >= 0.6 is 0 Å². The van der Waals surface area contributed by atoms with Crippen LogP contribution in [0.25, 0.3) is 10.9 Å². The highest BCUT2D eigenvalue weighted by molar-refractivity contribution is 5.99. The third kappa shape index (κ3) is 2.75. The van der Waals surface area contributed by atoms with Gasteiger partial charge >= 0.3 is 5.97 Å². The molecule has 2 aromatic rings. The van der Waals surface area contributed by atoms with Crippen molar-refractivity contribution in [2.24, 2.45) is 0 Å². The number of benzene rings is 1. The van der Waals surface area contributed by atoms with Crippen molar-refractivity contribution in [1.29, 1.82) is 0 Å². The van der Waals surface area contributed by atoms with E-state index in [-0.39, 0.29) is 11.3 Å². The first-order valence-electron chi connectivity index (χ1n) is 6.41. The minimum atomic E-state index is -1.06. The van der Waals surface area contributed by atoms with Gasteiger partial charge in [0.05, 0.1) is 16.7 Å². The van der Waals surface area contributed by atoms with Gasteiger partial charge in [-0.05, 0) is 39.3 Å². The quantitative estimate of drug-likeness (QED) is 0.739. The van der Waals surface area contributed by atoms with Crippen LogP contribution in [0.5, 0.6) is 0 Å². The summed E-state index contributed by atoms with van der Waals surface area (Å²) in [6.07, 6.45) is 0.559. The fourth-order valence-electron chi connectivity index (χ4n) is 2.10. The summed E-state index contributed by atoms with van der Waals surface area (Å²) in [6.45, 7) is 5.95. The zero-order chi connectivity index (χ0) is 15.1. The predicted molar refractivity (Wildman–Crippen MR) is 76.8 cm³/mol. The lowest BCUT2D eigenvalue weighted by Gasteiger charge is -2.17. The van der Waals surface area contributed by atoms with Crippen molar-refractivity contribution in [2.75, 3.05) is 5.73 Å². The second kappa shape index (κ2) is 4.79. The van der Waals surface area contributed by atoms with Gasteiger partial charge in [0, 0.05) is 23.3 Å². The zero-order valence-corrected chi connectivity index (χ0v) is 11.8. The summed E-state index contributed by atoms with van der Waals surface area (Å²) in [5.74, 6) is -1.06. The first-order valence-corrected chi connectivity index (χ1v) is 6.41. The molecule has 108 valence electrons. The largest absolute Gasteiger partial charge is 0.478 e. The first kappa shape index (κ1) is 14.3. The van der Waals surface area contributed by atoms with E-state index in [1.165, 1.54) is 6.07 Å². The highest BCUT2D eigenvalue weighted by Crippen LogP contribution is 2.25. The Labute approximate surface area is 116 Å². The van der Waals surface area contributed by atoms with Crippen LogP contribution in [0.1, 0.15) is 36.3 Å². The van der Waals surface area contributed by atoms with Crippen LogP contribution in [-0.4, -0.2) is 31.6 Å². The highest BCUT2D eigenvalue weighted by Gasteiger charge is 2.17. The summed E-state index contributed by atoms with van der Waals surface area (Å²) in [6, 6.07) is 3.13. The summed E-state index contributed by atoms with van der Waals surface area (Å²) in [5.41, 5.74) is 6.79. The number of carbonyl (C=O) groups is 1. The molecule has 0 amide bonds. The molecule has 0 aliphatic heterocycles. The molecule has 0 fully saturated rings. The third-order valence-corrected chi connectivity index (χ3v) is 3.34. The topological polar surface area (TPSA) is 101 Å². The van der Waals surface area contributed by atoms with Crippen LogP contribution < -0.4 is 5.73 Å². The lowest BCUT2D eigenvalue weighted by atomic mass is 10.1. The fourth-order valence-corrected chi connectivity index (χ4v) is 2.10. The second-order valence-corrected chi connectivity index (χ2v) is 5.63. The monoisotopic (exact) mass is 277 g/mol. The second-order valence-electron chi connectivity index (χ2n) is 5.63. The third-order valence-electron chi connectivity index (χ3n) is 3.34. The maximum atomic E-state index is 11.1.